The van der Waals surface area contributed by atoms with Crippen molar-refractivity contribution >= 4 is 17.6 Å². The van der Waals surface area contributed by atoms with Crippen LogP contribution >= 0.6 is 0 Å². The largest absolute Gasteiger partial charge is 0.501 e. The fraction of sp³-hybridized carbons (Fsp3) is 0.409. The summed E-state index contributed by atoms with van der Waals surface area (Å²) in [5, 5.41) is 11.3. The Labute approximate surface area is 195 Å². The summed E-state index contributed by atoms with van der Waals surface area (Å²) in [4.78, 5) is 23.9. The predicted octanol–water partition coefficient (Wildman–Crippen LogP) is 3.53. The van der Waals surface area contributed by atoms with E-state index in [9.17, 15) is 18.0 Å². The molecule has 3 rings (SSSR count). The fourth-order valence-electron chi connectivity index (χ4n) is 3.51. The van der Waals surface area contributed by atoms with Gasteiger partial charge in [0.15, 0.2) is 0 Å². The molecule has 0 aromatic carbocycles. The summed E-state index contributed by atoms with van der Waals surface area (Å²) in [5.41, 5.74) is -0.346. The number of rotatable bonds is 7. The number of halogens is 3. The summed E-state index contributed by atoms with van der Waals surface area (Å²) in [6, 6.07) is -0.555. The highest BCUT2D eigenvalue weighted by atomic mass is 19.4. The Kier molecular flexibility index (Phi) is 7.69. The van der Waals surface area contributed by atoms with Gasteiger partial charge in [-0.2, -0.15) is 28.2 Å². The van der Waals surface area contributed by atoms with Crippen molar-refractivity contribution in [3.05, 3.63) is 60.4 Å². The molecule has 34 heavy (non-hydrogen) atoms. The molecule has 0 spiro atoms. The predicted molar refractivity (Wildman–Crippen MR) is 119 cm³/mol. The normalized spacial score (nSPS) is 19.6. The van der Waals surface area contributed by atoms with Crippen LogP contribution in [-0.2, 0) is 15.7 Å². The third-order valence-electron chi connectivity index (χ3n) is 5.54. The van der Waals surface area contributed by atoms with Gasteiger partial charge in [-0.25, -0.2) is 9.97 Å². The molecule has 0 unspecified atom stereocenters. The number of alkyl halides is 3. The Morgan fingerprint density at radius 1 is 1.24 bits per heavy atom. The number of carbonyl (C=O) groups is 1. The molecule has 1 N–H and O–H groups in total. The van der Waals surface area contributed by atoms with E-state index >= 15 is 0 Å². The van der Waals surface area contributed by atoms with Gasteiger partial charge < -0.3 is 15.0 Å². The fourth-order valence-corrected chi connectivity index (χ4v) is 3.51. The van der Waals surface area contributed by atoms with Gasteiger partial charge in [0, 0.05) is 31.0 Å². The number of methoxy groups -OCH3 is 1. The van der Waals surface area contributed by atoms with Crippen molar-refractivity contribution in [3.63, 3.8) is 0 Å². The summed E-state index contributed by atoms with van der Waals surface area (Å²) in [6.45, 7) is 8.11. The number of carbonyl (C=O) groups excluding carboxylic acids is 1. The van der Waals surface area contributed by atoms with E-state index < -0.39 is 11.7 Å². The molecule has 0 saturated carbocycles. The maximum Gasteiger partial charge on any atom is 0.419 e. The van der Waals surface area contributed by atoms with Crippen LogP contribution in [-0.4, -0.2) is 61.5 Å². The lowest BCUT2D eigenvalue weighted by molar-refractivity contribution is -0.138. The van der Waals surface area contributed by atoms with Gasteiger partial charge in [0.05, 0.1) is 42.1 Å². The molecule has 1 aliphatic rings. The number of anilines is 1. The first-order valence-electron chi connectivity index (χ1n) is 10.6. The van der Waals surface area contributed by atoms with E-state index in [0.717, 1.165) is 12.4 Å². The van der Waals surface area contributed by atoms with Gasteiger partial charge in [-0.15, -0.1) is 0 Å². The maximum absolute atomic E-state index is 13.4. The lowest BCUT2D eigenvalue weighted by Gasteiger charge is -2.40. The van der Waals surface area contributed by atoms with Crippen LogP contribution in [0.5, 0.6) is 0 Å². The summed E-state index contributed by atoms with van der Waals surface area (Å²) in [5.74, 6) is 0.385. The number of amides is 1. The van der Waals surface area contributed by atoms with Crippen LogP contribution in [0.3, 0.4) is 0 Å². The molecule has 0 aliphatic carbocycles. The molecular weight excluding hydrogens is 451 g/mol. The van der Waals surface area contributed by atoms with Crippen LogP contribution < -0.4 is 5.32 Å². The minimum absolute atomic E-state index is 0.0690. The zero-order chi connectivity index (χ0) is 24.9. The Morgan fingerprint density at radius 3 is 2.47 bits per heavy atom. The van der Waals surface area contributed by atoms with Crippen LogP contribution in [0, 0.1) is 0 Å². The molecule has 1 saturated heterocycles. The quantitative estimate of drug-likeness (QED) is 0.370. The zero-order valence-electron chi connectivity index (χ0n) is 19.1. The second kappa shape index (κ2) is 10.5. The van der Waals surface area contributed by atoms with E-state index in [1.54, 1.807) is 24.0 Å². The Morgan fingerprint density at radius 2 is 1.88 bits per heavy atom. The van der Waals surface area contributed by atoms with Gasteiger partial charge in [-0.1, -0.05) is 6.58 Å². The van der Waals surface area contributed by atoms with Crippen molar-refractivity contribution in [1.82, 2.24) is 29.9 Å². The van der Waals surface area contributed by atoms with E-state index in [2.05, 4.69) is 32.1 Å². The summed E-state index contributed by atoms with van der Waals surface area (Å²) in [6.07, 6.45) is 4.66. The van der Waals surface area contributed by atoms with E-state index in [1.807, 2.05) is 6.92 Å². The first-order valence-corrected chi connectivity index (χ1v) is 10.6. The van der Waals surface area contributed by atoms with Crippen LogP contribution in [0.15, 0.2) is 54.9 Å². The molecule has 12 heteroatoms. The third-order valence-corrected chi connectivity index (χ3v) is 5.54. The van der Waals surface area contributed by atoms with Crippen LogP contribution in [0.2, 0.25) is 0 Å². The van der Waals surface area contributed by atoms with Crippen molar-refractivity contribution in [2.45, 2.75) is 44.9 Å². The molecule has 2 atom stereocenters. The number of hydrogen-bond acceptors (Lipinski definition) is 7. The van der Waals surface area contributed by atoms with Crippen molar-refractivity contribution < 1.29 is 22.7 Å². The Hall–Kier alpha value is -3.70. The number of likely N-dealkylation sites (tertiary alicyclic amines) is 1. The molecule has 182 valence electrons. The molecule has 0 bridgehead atoms. The molecule has 1 amide bonds. The average molecular weight is 477 g/mol. The lowest BCUT2D eigenvalue weighted by atomic mass is 9.96. The highest BCUT2D eigenvalue weighted by Crippen LogP contribution is 2.29. The average Bonchev–Trinajstić information content (AvgIpc) is 3.34. The van der Waals surface area contributed by atoms with Gasteiger partial charge in [0.2, 0.25) is 5.95 Å². The molecule has 1 fully saturated rings. The van der Waals surface area contributed by atoms with E-state index in [0.29, 0.717) is 30.8 Å². The molecule has 9 nitrogen and oxygen atoms in total. The van der Waals surface area contributed by atoms with Crippen molar-refractivity contribution in [3.8, 4) is 0 Å². The Bertz CT molecular complexity index is 1060. The summed E-state index contributed by atoms with van der Waals surface area (Å²) < 4.78 is 43.4. The van der Waals surface area contributed by atoms with Crippen LogP contribution in [0.25, 0.3) is 5.70 Å². The van der Waals surface area contributed by atoms with Gasteiger partial charge in [0.1, 0.15) is 0 Å². The molecule has 3 heterocycles. The van der Waals surface area contributed by atoms with Gasteiger partial charge in [-0.3, -0.25) is 4.79 Å². The molecular formula is C22H26F3N7O2. The number of nitrogens with zero attached hydrogens (tertiary/aromatic N) is 6. The number of nitrogens with one attached hydrogen (secondary N) is 1. The summed E-state index contributed by atoms with van der Waals surface area (Å²) in [7, 11) is 1.54. The standard InChI is InChI=1S/C22H26F3N7O2/c1-14(34-4)7-8-19(32-28-9-10-29-32)15(2)20(33)31-11-5-6-18(16(31)3)30-21-26-12-17(13-27-21)22(23,24)25/h7-10,12-13,16,18H,2,5-6,11H2,1,3-4H3,(H,26,27,30)/b14-7+,19-8+/t16-,18+/m0/s1. The third kappa shape index (κ3) is 5.80. The topological polar surface area (TPSA) is 98.1 Å². The minimum atomic E-state index is -4.51. The minimum Gasteiger partial charge on any atom is -0.501 e. The number of ether oxygens (including phenoxy) is 1. The van der Waals surface area contributed by atoms with Gasteiger partial charge >= 0.3 is 6.18 Å². The zero-order valence-corrected chi connectivity index (χ0v) is 19.1. The highest BCUT2D eigenvalue weighted by Gasteiger charge is 2.34. The first-order chi connectivity index (χ1) is 16.1. The SMILES string of the molecule is C=C(C(=O)N1CCC[C@@H](Nc2ncc(C(F)(F)F)cn2)[C@@H]1C)/C(=C\C=C(/C)OC)n1nccn1. The molecule has 1 aliphatic heterocycles. The number of piperidine rings is 1. The molecule has 2 aromatic rings. The lowest BCUT2D eigenvalue weighted by Crippen LogP contribution is -2.52. The van der Waals surface area contributed by atoms with E-state index in [1.165, 1.54) is 24.3 Å². The van der Waals surface area contributed by atoms with Crippen LogP contribution in [0.1, 0.15) is 32.3 Å². The smallest absolute Gasteiger partial charge is 0.419 e. The van der Waals surface area contributed by atoms with E-state index in [4.69, 9.17) is 4.74 Å². The summed E-state index contributed by atoms with van der Waals surface area (Å²) >= 11 is 0. The van der Waals surface area contributed by atoms with Crippen molar-refractivity contribution in [2.24, 2.45) is 0 Å². The van der Waals surface area contributed by atoms with Gasteiger partial charge in [-0.05, 0) is 38.8 Å². The van der Waals surface area contributed by atoms with Gasteiger partial charge in [0.25, 0.3) is 5.91 Å². The Balaban J connectivity index is 1.76. The van der Waals surface area contributed by atoms with E-state index in [-0.39, 0.29) is 29.5 Å². The number of allylic oxidation sites excluding steroid dienone is 3. The van der Waals surface area contributed by atoms with Crippen molar-refractivity contribution in [2.75, 3.05) is 19.0 Å². The monoisotopic (exact) mass is 477 g/mol. The first kappa shape index (κ1) is 24.9. The highest BCUT2D eigenvalue weighted by molar-refractivity contribution is 6.05. The maximum atomic E-state index is 13.4. The molecule has 2 aromatic heterocycles. The molecule has 0 radical (unpaired) electrons. The second-order valence-corrected chi connectivity index (χ2v) is 7.76. The van der Waals surface area contributed by atoms with Crippen LogP contribution in [0.4, 0.5) is 19.1 Å². The number of aromatic nitrogens is 5. The second-order valence-electron chi connectivity index (χ2n) is 7.76. The number of hydrogen-bond donors (Lipinski definition) is 1. The van der Waals surface area contributed by atoms with Crippen molar-refractivity contribution in [1.29, 1.82) is 0 Å².